The van der Waals surface area contributed by atoms with Gasteiger partial charge in [-0.3, -0.25) is 0 Å². The van der Waals surface area contributed by atoms with Gasteiger partial charge in [-0.05, 0) is 25.8 Å². The van der Waals surface area contributed by atoms with E-state index in [9.17, 15) is 0 Å². The molecular weight excluding hydrogens is 198 g/mol. The Kier molecular flexibility index (Phi) is 12.9. The van der Waals surface area contributed by atoms with Gasteiger partial charge in [0.1, 0.15) is 0 Å². The van der Waals surface area contributed by atoms with Gasteiger partial charge in [0.2, 0.25) is 0 Å². The molecule has 0 aliphatic heterocycles. The standard InChI is InChI=1S/C14H31NO/c1-3-5-7-10-14(11-8-6-4-2)15-12-9-13-16/h14-16H,3-13H2,1-2H3. The molecular formula is C14H31NO. The highest BCUT2D eigenvalue weighted by Gasteiger charge is 2.06. The molecule has 0 rings (SSSR count). The second-order valence-corrected chi connectivity index (χ2v) is 4.72. The molecule has 0 amide bonds. The highest BCUT2D eigenvalue weighted by Crippen LogP contribution is 2.10. The summed E-state index contributed by atoms with van der Waals surface area (Å²) in [4.78, 5) is 0. The number of aliphatic hydroxyl groups is 1. The molecule has 0 spiro atoms. The van der Waals surface area contributed by atoms with Crippen molar-refractivity contribution in [2.24, 2.45) is 0 Å². The lowest BCUT2D eigenvalue weighted by atomic mass is 10.0. The number of rotatable bonds is 12. The van der Waals surface area contributed by atoms with Crippen molar-refractivity contribution < 1.29 is 5.11 Å². The lowest BCUT2D eigenvalue weighted by Crippen LogP contribution is -2.30. The molecule has 0 bridgehead atoms. The topological polar surface area (TPSA) is 32.3 Å². The van der Waals surface area contributed by atoms with Crippen LogP contribution in [0.2, 0.25) is 0 Å². The predicted molar refractivity (Wildman–Crippen MR) is 71.8 cm³/mol. The van der Waals surface area contributed by atoms with Gasteiger partial charge < -0.3 is 10.4 Å². The van der Waals surface area contributed by atoms with Gasteiger partial charge >= 0.3 is 0 Å². The fourth-order valence-corrected chi connectivity index (χ4v) is 2.02. The summed E-state index contributed by atoms with van der Waals surface area (Å²) in [7, 11) is 0. The summed E-state index contributed by atoms with van der Waals surface area (Å²) >= 11 is 0. The molecule has 0 aliphatic rings. The Morgan fingerprint density at radius 3 is 1.88 bits per heavy atom. The Balaban J connectivity index is 3.58. The normalized spacial score (nSPS) is 11.2. The summed E-state index contributed by atoms with van der Waals surface area (Å²) in [5, 5.41) is 12.3. The van der Waals surface area contributed by atoms with E-state index in [1.165, 1.54) is 51.4 Å². The van der Waals surface area contributed by atoms with Crippen LogP contribution in [0, 0.1) is 0 Å². The van der Waals surface area contributed by atoms with Crippen LogP contribution in [0.15, 0.2) is 0 Å². The zero-order valence-electron chi connectivity index (χ0n) is 11.3. The van der Waals surface area contributed by atoms with Crippen molar-refractivity contribution >= 4 is 0 Å². The van der Waals surface area contributed by atoms with Gasteiger partial charge in [-0.2, -0.15) is 0 Å². The van der Waals surface area contributed by atoms with E-state index >= 15 is 0 Å². The molecule has 0 heterocycles. The van der Waals surface area contributed by atoms with Crippen molar-refractivity contribution in [1.82, 2.24) is 5.32 Å². The van der Waals surface area contributed by atoms with Gasteiger partial charge in [0.15, 0.2) is 0 Å². The van der Waals surface area contributed by atoms with Crippen molar-refractivity contribution in [3.8, 4) is 0 Å². The number of aliphatic hydroxyl groups excluding tert-OH is 1. The monoisotopic (exact) mass is 229 g/mol. The largest absolute Gasteiger partial charge is 0.396 e. The molecule has 0 aromatic rings. The van der Waals surface area contributed by atoms with E-state index in [1.54, 1.807) is 0 Å². The van der Waals surface area contributed by atoms with Crippen molar-refractivity contribution in [3.05, 3.63) is 0 Å². The van der Waals surface area contributed by atoms with Crippen molar-refractivity contribution in [1.29, 1.82) is 0 Å². The lowest BCUT2D eigenvalue weighted by molar-refractivity contribution is 0.280. The van der Waals surface area contributed by atoms with E-state index in [0.29, 0.717) is 12.6 Å². The molecule has 2 heteroatoms. The average Bonchev–Trinajstić information content (AvgIpc) is 2.29. The summed E-state index contributed by atoms with van der Waals surface area (Å²) in [6.45, 7) is 5.79. The molecule has 0 saturated heterocycles. The molecule has 0 radical (unpaired) electrons. The van der Waals surface area contributed by atoms with Gasteiger partial charge in [0, 0.05) is 12.6 Å². The molecule has 0 aromatic carbocycles. The van der Waals surface area contributed by atoms with E-state index in [4.69, 9.17) is 5.11 Å². The third kappa shape index (κ3) is 10.4. The Morgan fingerprint density at radius 2 is 1.44 bits per heavy atom. The molecule has 98 valence electrons. The van der Waals surface area contributed by atoms with Crippen LogP contribution in [-0.2, 0) is 0 Å². The summed E-state index contributed by atoms with van der Waals surface area (Å²) in [6, 6.07) is 0.685. The first-order chi connectivity index (χ1) is 7.85. The van der Waals surface area contributed by atoms with Crippen molar-refractivity contribution in [2.45, 2.75) is 77.7 Å². The molecule has 0 unspecified atom stereocenters. The van der Waals surface area contributed by atoms with Crippen LogP contribution < -0.4 is 5.32 Å². The molecule has 2 N–H and O–H groups in total. The molecule has 0 atom stereocenters. The maximum absolute atomic E-state index is 8.77. The van der Waals surface area contributed by atoms with Crippen LogP contribution in [0.4, 0.5) is 0 Å². The van der Waals surface area contributed by atoms with Gasteiger partial charge in [-0.1, -0.05) is 52.4 Å². The Hall–Kier alpha value is -0.0800. The van der Waals surface area contributed by atoms with Gasteiger partial charge in [0.25, 0.3) is 0 Å². The Labute approximate surface area is 102 Å². The smallest absolute Gasteiger partial charge is 0.0443 e. The summed E-state index contributed by atoms with van der Waals surface area (Å²) in [5.74, 6) is 0. The van der Waals surface area contributed by atoms with Gasteiger partial charge in [0.05, 0.1) is 0 Å². The maximum atomic E-state index is 8.77. The molecule has 0 aliphatic carbocycles. The van der Waals surface area contributed by atoms with Crippen LogP contribution >= 0.6 is 0 Å². The highest BCUT2D eigenvalue weighted by atomic mass is 16.3. The summed E-state index contributed by atoms with van der Waals surface area (Å²) in [5.41, 5.74) is 0. The van der Waals surface area contributed by atoms with E-state index in [-0.39, 0.29) is 0 Å². The van der Waals surface area contributed by atoms with Gasteiger partial charge in [-0.25, -0.2) is 0 Å². The first kappa shape index (κ1) is 15.9. The number of nitrogens with one attached hydrogen (secondary N) is 1. The molecule has 2 nitrogen and oxygen atoms in total. The first-order valence-electron chi connectivity index (χ1n) is 7.19. The predicted octanol–water partition coefficient (Wildman–Crippen LogP) is 3.49. The van der Waals surface area contributed by atoms with Crippen LogP contribution in [-0.4, -0.2) is 24.3 Å². The van der Waals surface area contributed by atoms with E-state index in [1.807, 2.05) is 0 Å². The quantitative estimate of drug-likeness (QED) is 0.502. The minimum atomic E-state index is 0.309. The molecule has 0 aromatic heterocycles. The Morgan fingerprint density at radius 1 is 0.875 bits per heavy atom. The fourth-order valence-electron chi connectivity index (χ4n) is 2.02. The number of hydrogen-bond acceptors (Lipinski definition) is 2. The SMILES string of the molecule is CCCCCC(CCCCC)NCCCO. The number of hydrogen-bond donors (Lipinski definition) is 2. The third-order valence-electron chi connectivity index (χ3n) is 3.08. The summed E-state index contributed by atoms with van der Waals surface area (Å²) < 4.78 is 0. The Bertz CT molecular complexity index is 104. The van der Waals surface area contributed by atoms with Crippen molar-refractivity contribution in [3.63, 3.8) is 0 Å². The fraction of sp³-hybridized carbons (Fsp3) is 1.00. The van der Waals surface area contributed by atoms with Gasteiger partial charge in [-0.15, -0.1) is 0 Å². The highest BCUT2D eigenvalue weighted by molar-refractivity contribution is 4.67. The summed E-state index contributed by atoms with van der Waals surface area (Å²) in [6.07, 6.45) is 11.5. The molecule has 0 fully saturated rings. The lowest BCUT2D eigenvalue weighted by Gasteiger charge is -2.18. The van der Waals surface area contributed by atoms with E-state index in [2.05, 4.69) is 19.2 Å². The number of unbranched alkanes of at least 4 members (excludes halogenated alkanes) is 4. The zero-order valence-corrected chi connectivity index (χ0v) is 11.3. The molecule has 16 heavy (non-hydrogen) atoms. The minimum Gasteiger partial charge on any atom is -0.396 e. The van der Waals surface area contributed by atoms with Crippen LogP contribution in [0.3, 0.4) is 0 Å². The van der Waals surface area contributed by atoms with E-state index in [0.717, 1.165) is 13.0 Å². The van der Waals surface area contributed by atoms with Crippen molar-refractivity contribution in [2.75, 3.05) is 13.2 Å². The van der Waals surface area contributed by atoms with Crippen LogP contribution in [0.5, 0.6) is 0 Å². The molecule has 0 saturated carbocycles. The van der Waals surface area contributed by atoms with Crippen LogP contribution in [0.25, 0.3) is 0 Å². The average molecular weight is 229 g/mol. The first-order valence-corrected chi connectivity index (χ1v) is 7.19. The maximum Gasteiger partial charge on any atom is 0.0443 e. The second-order valence-electron chi connectivity index (χ2n) is 4.72. The van der Waals surface area contributed by atoms with Crippen LogP contribution in [0.1, 0.15) is 71.6 Å². The zero-order chi connectivity index (χ0) is 12.1. The minimum absolute atomic E-state index is 0.309. The van der Waals surface area contributed by atoms with E-state index < -0.39 is 0 Å². The third-order valence-corrected chi connectivity index (χ3v) is 3.08. The second kappa shape index (κ2) is 13.0.